The minimum absolute atomic E-state index is 0.115. The largest absolute Gasteiger partial charge is 0.416 e. The van der Waals surface area contributed by atoms with Crippen molar-refractivity contribution in [2.24, 2.45) is 0 Å². The number of halogens is 3. The first-order valence-electron chi connectivity index (χ1n) is 5.33. The van der Waals surface area contributed by atoms with E-state index in [1.807, 2.05) is 11.4 Å². The van der Waals surface area contributed by atoms with Crippen LogP contribution in [-0.2, 0) is 11.2 Å². The molecule has 0 aliphatic carbocycles. The van der Waals surface area contributed by atoms with Crippen LogP contribution in [-0.4, -0.2) is 29.8 Å². The molecular formula is C12H11F3N2O2. The summed E-state index contributed by atoms with van der Waals surface area (Å²) < 4.78 is 35.9. The highest BCUT2D eigenvalue weighted by atomic mass is 19.4. The van der Waals surface area contributed by atoms with E-state index in [2.05, 4.69) is 0 Å². The first-order chi connectivity index (χ1) is 8.82. The van der Waals surface area contributed by atoms with Gasteiger partial charge in [-0.1, -0.05) is 12.1 Å². The molecule has 0 radical (unpaired) electrons. The molecule has 1 aromatic rings. The number of aliphatic hydroxyl groups excluding tert-OH is 1. The summed E-state index contributed by atoms with van der Waals surface area (Å²) in [5.41, 5.74) is 0.995. The van der Waals surface area contributed by atoms with Crippen molar-refractivity contribution in [1.82, 2.24) is 5.32 Å². The zero-order valence-corrected chi connectivity index (χ0v) is 9.74. The van der Waals surface area contributed by atoms with E-state index in [1.165, 1.54) is 12.1 Å². The van der Waals surface area contributed by atoms with E-state index >= 15 is 0 Å². The molecule has 0 heterocycles. The summed E-state index contributed by atoms with van der Waals surface area (Å²) in [4.78, 5) is 11.3. The number of aliphatic hydroxyl groups is 1. The maximum atomic E-state index is 12.0. The van der Waals surface area contributed by atoms with Crippen molar-refractivity contribution in [2.45, 2.75) is 18.7 Å². The van der Waals surface area contributed by atoms with Crippen LogP contribution in [0.1, 0.15) is 11.1 Å². The van der Waals surface area contributed by atoms with Gasteiger partial charge in [0.1, 0.15) is 0 Å². The smallest absolute Gasteiger partial charge is 0.382 e. The quantitative estimate of drug-likeness (QED) is 0.863. The lowest BCUT2D eigenvalue weighted by Crippen LogP contribution is -2.41. The molecule has 102 valence electrons. The highest BCUT2D eigenvalue weighted by molar-refractivity contribution is 5.78. The Bertz CT molecular complexity index is 477. The molecule has 1 rings (SSSR count). The zero-order chi connectivity index (χ0) is 14.5. The third kappa shape index (κ3) is 4.97. The predicted octanol–water partition coefficient (Wildman–Crippen LogP) is 1.14. The van der Waals surface area contributed by atoms with E-state index in [0.717, 1.165) is 0 Å². The monoisotopic (exact) mass is 272 g/mol. The summed E-state index contributed by atoms with van der Waals surface area (Å²) in [6, 6.07) is 8.00. The molecule has 0 spiro atoms. The molecule has 7 heteroatoms. The van der Waals surface area contributed by atoms with Crippen LogP contribution in [0.5, 0.6) is 0 Å². The highest BCUT2D eigenvalue weighted by Crippen LogP contribution is 2.19. The van der Waals surface area contributed by atoms with Gasteiger partial charge in [0.05, 0.1) is 24.6 Å². The summed E-state index contributed by atoms with van der Waals surface area (Å²) >= 11 is 0. The molecule has 1 atom stereocenters. The summed E-state index contributed by atoms with van der Waals surface area (Å²) in [5.74, 6) is -0.631. The maximum Gasteiger partial charge on any atom is 0.416 e. The Hall–Kier alpha value is -2.07. The van der Waals surface area contributed by atoms with Crippen LogP contribution in [0.3, 0.4) is 0 Å². The van der Waals surface area contributed by atoms with E-state index in [1.54, 1.807) is 12.1 Å². The number of carbonyl (C=O) groups is 1. The molecule has 2 N–H and O–H groups in total. The van der Waals surface area contributed by atoms with E-state index in [-0.39, 0.29) is 6.42 Å². The normalized spacial score (nSPS) is 12.6. The van der Waals surface area contributed by atoms with Gasteiger partial charge in [0.2, 0.25) is 5.91 Å². The van der Waals surface area contributed by atoms with Crippen LogP contribution in [0.2, 0.25) is 0 Å². The summed E-state index contributed by atoms with van der Waals surface area (Å²) in [7, 11) is 0. The van der Waals surface area contributed by atoms with Crippen molar-refractivity contribution in [3.63, 3.8) is 0 Å². The second-order valence-corrected chi connectivity index (χ2v) is 3.85. The van der Waals surface area contributed by atoms with E-state index < -0.39 is 24.7 Å². The molecule has 1 aromatic carbocycles. The molecule has 0 aliphatic rings. The molecule has 1 amide bonds. The fourth-order valence-corrected chi connectivity index (χ4v) is 1.27. The average molecular weight is 272 g/mol. The third-order valence-corrected chi connectivity index (χ3v) is 2.32. The van der Waals surface area contributed by atoms with Gasteiger partial charge < -0.3 is 10.4 Å². The van der Waals surface area contributed by atoms with Gasteiger partial charge in [-0.3, -0.25) is 4.79 Å². The van der Waals surface area contributed by atoms with Crippen molar-refractivity contribution in [1.29, 1.82) is 5.26 Å². The van der Waals surface area contributed by atoms with Crippen LogP contribution in [0.15, 0.2) is 24.3 Å². The van der Waals surface area contributed by atoms with E-state index in [4.69, 9.17) is 10.4 Å². The predicted molar refractivity (Wildman–Crippen MR) is 59.9 cm³/mol. The topological polar surface area (TPSA) is 73.1 Å². The second kappa shape index (κ2) is 6.20. The number of benzene rings is 1. The minimum atomic E-state index is -4.75. The Morgan fingerprint density at radius 3 is 2.42 bits per heavy atom. The molecule has 1 unspecified atom stereocenters. The number of rotatable bonds is 4. The molecule has 0 bridgehead atoms. The van der Waals surface area contributed by atoms with Crippen LogP contribution < -0.4 is 5.32 Å². The van der Waals surface area contributed by atoms with Gasteiger partial charge in [0, 0.05) is 0 Å². The SMILES string of the molecule is N#Cc1ccc(CC(=O)NCC(O)C(F)(F)F)cc1. The van der Waals surface area contributed by atoms with E-state index in [0.29, 0.717) is 11.1 Å². The maximum absolute atomic E-state index is 12.0. The number of hydrogen-bond donors (Lipinski definition) is 2. The van der Waals surface area contributed by atoms with Crippen molar-refractivity contribution in [3.8, 4) is 6.07 Å². The van der Waals surface area contributed by atoms with Crippen molar-refractivity contribution >= 4 is 5.91 Å². The van der Waals surface area contributed by atoms with Gasteiger partial charge in [-0.15, -0.1) is 0 Å². The highest BCUT2D eigenvalue weighted by Gasteiger charge is 2.38. The van der Waals surface area contributed by atoms with Gasteiger partial charge in [-0.2, -0.15) is 18.4 Å². The van der Waals surface area contributed by atoms with Gasteiger partial charge in [0.15, 0.2) is 6.10 Å². The van der Waals surface area contributed by atoms with Crippen LogP contribution in [0, 0.1) is 11.3 Å². The number of nitrogens with zero attached hydrogens (tertiary/aromatic N) is 1. The molecule has 19 heavy (non-hydrogen) atoms. The summed E-state index contributed by atoms with van der Waals surface area (Å²) in [6.07, 6.45) is -7.43. The molecule has 0 fully saturated rings. The third-order valence-electron chi connectivity index (χ3n) is 2.32. The van der Waals surface area contributed by atoms with Gasteiger partial charge in [-0.05, 0) is 17.7 Å². The number of hydrogen-bond acceptors (Lipinski definition) is 3. The number of nitriles is 1. The molecule has 0 aliphatic heterocycles. The molecular weight excluding hydrogens is 261 g/mol. The Morgan fingerprint density at radius 1 is 1.37 bits per heavy atom. The molecule has 0 saturated heterocycles. The van der Waals surface area contributed by atoms with Crippen molar-refractivity contribution < 1.29 is 23.1 Å². The Morgan fingerprint density at radius 2 is 1.95 bits per heavy atom. The van der Waals surface area contributed by atoms with Gasteiger partial charge >= 0.3 is 6.18 Å². The fraction of sp³-hybridized carbons (Fsp3) is 0.333. The lowest BCUT2D eigenvalue weighted by Gasteiger charge is -2.14. The molecule has 0 aromatic heterocycles. The number of alkyl halides is 3. The zero-order valence-electron chi connectivity index (χ0n) is 9.74. The molecule has 0 saturated carbocycles. The fourth-order valence-electron chi connectivity index (χ4n) is 1.27. The lowest BCUT2D eigenvalue weighted by molar-refractivity contribution is -0.201. The van der Waals surface area contributed by atoms with Crippen LogP contribution in [0.4, 0.5) is 13.2 Å². The van der Waals surface area contributed by atoms with Gasteiger partial charge in [0.25, 0.3) is 0 Å². The van der Waals surface area contributed by atoms with Crippen LogP contribution in [0.25, 0.3) is 0 Å². The summed E-state index contributed by atoms with van der Waals surface area (Å²) in [5, 5.41) is 19.3. The Balaban J connectivity index is 2.45. The van der Waals surface area contributed by atoms with Crippen molar-refractivity contribution in [2.75, 3.05) is 6.54 Å². The first kappa shape index (κ1) is 15.0. The van der Waals surface area contributed by atoms with Crippen LogP contribution >= 0.6 is 0 Å². The average Bonchev–Trinajstić information content (AvgIpc) is 2.35. The lowest BCUT2D eigenvalue weighted by atomic mass is 10.1. The Labute approximate surface area is 107 Å². The summed E-state index contributed by atoms with van der Waals surface area (Å²) in [6.45, 7) is -0.876. The minimum Gasteiger partial charge on any atom is -0.382 e. The Kier molecular flexibility index (Phi) is 4.89. The van der Waals surface area contributed by atoms with Gasteiger partial charge in [-0.25, -0.2) is 0 Å². The second-order valence-electron chi connectivity index (χ2n) is 3.85. The van der Waals surface area contributed by atoms with Crippen molar-refractivity contribution in [3.05, 3.63) is 35.4 Å². The number of carbonyl (C=O) groups excluding carboxylic acids is 1. The standard InChI is InChI=1S/C12H11F3N2O2/c13-12(14,15)10(18)7-17-11(19)5-8-1-3-9(6-16)4-2-8/h1-4,10,18H,5,7H2,(H,17,19). The van der Waals surface area contributed by atoms with E-state index in [9.17, 15) is 18.0 Å². The molecule has 4 nitrogen and oxygen atoms in total. The first-order valence-corrected chi connectivity index (χ1v) is 5.33. The number of amides is 1. The number of nitrogens with one attached hydrogen (secondary N) is 1.